The van der Waals surface area contributed by atoms with Gasteiger partial charge in [0, 0.05) is 0 Å². The summed E-state index contributed by atoms with van der Waals surface area (Å²) in [7, 11) is 0. The van der Waals surface area contributed by atoms with Crippen LogP contribution in [0.25, 0.3) is 0 Å². The summed E-state index contributed by atoms with van der Waals surface area (Å²) in [6, 6.07) is 0. The normalized spacial score (nSPS) is 14.1. The zero-order valence-electron chi connectivity index (χ0n) is 3.95. The minimum Gasteiger partial charge on any atom is -0.286 e. The van der Waals surface area contributed by atoms with Crippen molar-refractivity contribution in [2.75, 3.05) is 6.54 Å². The molecule has 2 nitrogen and oxygen atoms in total. The molecule has 0 saturated carbocycles. The number of hydrogen-bond donors (Lipinski definition) is 1. The van der Waals surface area contributed by atoms with Crippen molar-refractivity contribution in [2.45, 2.75) is 11.2 Å². The number of halogens is 2. The standard InChI is InChI=1S/C3H7I2NO/c1-2-6-3(4)7-5/h3,6H,2H2,1H3. The number of rotatable bonds is 3. The Labute approximate surface area is 71.2 Å². The van der Waals surface area contributed by atoms with Gasteiger partial charge in [0.25, 0.3) is 0 Å². The molecule has 0 aromatic heterocycles. The van der Waals surface area contributed by atoms with E-state index in [1.807, 2.05) is 29.9 Å². The summed E-state index contributed by atoms with van der Waals surface area (Å²) in [4.78, 5) is 0. The molecule has 1 N–H and O–H groups in total. The van der Waals surface area contributed by atoms with E-state index in [1.54, 1.807) is 0 Å². The highest BCUT2D eigenvalue weighted by molar-refractivity contribution is 14.1. The van der Waals surface area contributed by atoms with E-state index in [2.05, 4.69) is 27.9 Å². The van der Waals surface area contributed by atoms with E-state index in [0.717, 1.165) is 6.54 Å². The summed E-state index contributed by atoms with van der Waals surface area (Å²) in [5.41, 5.74) is 0. The molecule has 0 bridgehead atoms. The second-order valence-corrected chi connectivity index (χ2v) is 2.60. The maximum atomic E-state index is 4.84. The highest BCUT2D eigenvalue weighted by atomic mass is 127. The molecule has 1 atom stereocenters. The highest BCUT2D eigenvalue weighted by Crippen LogP contribution is 2.01. The van der Waals surface area contributed by atoms with Gasteiger partial charge in [-0.2, -0.15) is 0 Å². The maximum Gasteiger partial charge on any atom is 0.172 e. The van der Waals surface area contributed by atoms with Gasteiger partial charge in [0.15, 0.2) is 4.23 Å². The van der Waals surface area contributed by atoms with Crippen molar-refractivity contribution < 1.29 is 3.07 Å². The summed E-state index contributed by atoms with van der Waals surface area (Å²) in [6.45, 7) is 3.00. The molecule has 0 amide bonds. The molecule has 0 heterocycles. The molecule has 0 aliphatic carbocycles. The van der Waals surface area contributed by atoms with Crippen LogP contribution in [0.4, 0.5) is 0 Å². The van der Waals surface area contributed by atoms with Crippen LogP contribution in [0.2, 0.25) is 0 Å². The first-order valence-corrected chi connectivity index (χ1v) is 4.08. The lowest BCUT2D eigenvalue weighted by molar-refractivity contribution is 0.358. The van der Waals surface area contributed by atoms with E-state index in [4.69, 9.17) is 3.07 Å². The van der Waals surface area contributed by atoms with Crippen molar-refractivity contribution in [3.8, 4) is 0 Å². The van der Waals surface area contributed by atoms with Gasteiger partial charge in [0.1, 0.15) is 23.0 Å². The summed E-state index contributed by atoms with van der Waals surface area (Å²) >= 11 is 4.03. The Morgan fingerprint density at radius 1 is 1.86 bits per heavy atom. The third-order valence-corrected chi connectivity index (χ3v) is 2.62. The van der Waals surface area contributed by atoms with Crippen LogP contribution >= 0.6 is 45.6 Å². The molecule has 0 aromatic carbocycles. The van der Waals surface area contributed by atoms with Crippen LogP contribution in [0.3, 0.4) is 0 Å². The van der Waals surface area contributed by atoms with Crippen LogP contribution in [0, 0.1) is 0 Å². The summed E-state index contributed by atoms with van der Waals surface area (Å²) in [6.07, 6.45) is 0. The molecule has 1 unspecified atom stereocenters. The fraction of sp³-hybridized carbons (Fsp3) is 1.00. The Morgan fingerprint density at radius 3 is 2.57 bits per heavy atom. The Hall–Kier alpha value is 1.38. The van der Waals surface area contributed by atoms with Gasteiger partial charge >= 0.3 is 0 Å². The third kappa shape index (κ3) is 5.25. The Balaban J connectivity index is 2.83. The van der Waals surface area contributed by atoms with Gasteiger partial charge in [-0.3, -0.25) is 8.38 Å². The second kappa shape index (κ2) is 5.52. The topological polar surface area (TPSA) is 21.3 Å². The Morgan fingerprint density at radius 2 is 2.43 bits per heavy atom. The highest BCUT2D eigenvalue weighted by Gasteiger charge is 1.94. The van der Waals surface area contributed by atoms with Gasteiger partial charge in [-0.15, -0.1) is 0 Å². The van der Waals surface area contributed by atoms with Crippen molar-refractivity contribution in [1.29, 1.82) is 0 Å². The molecule has 0 aliphatic rings. The average Bonchev–Trinajstić information content (AvgIpc) is 1.68. The zero-order chi connectivity index (χ0) is 5.70. The Bertz CT molecular complexity index is 43.9. The minimum atomic E-state index is 0.156. The van der Waals surface area contributed by atoms with Crippen LogP contribution in [0.5, 0.6) is 0 Å². The van der Waals surface area contributed by atoms with Gasteiger partial charge < -0.3 is 0 Å². The van der Waals surface area contributed by atoms with Crippen molar-refractivity contribution in [3.63, 3.8) is 0 Å². The van der Waals surface area contributed by atoms with E-state index in [-0.39, 0.29) is 4.23 Å². The van der Waals surface area contributed by atoms with Gasteiger partial charge in [-0.25, -0.2) is 0 Å². The van der Waals surface area contributed by atoms with Crippen molar-refractivity contribution in [3.05, 3.63) is 0 Å². The summed E-state index contributed by atoms with van der Waals surface area (Å²) in [5, 5.41) is 3.05. The van der Waals surface area contributed by atoms with Crippen LogP contribution in [0.1, 0.15) is 6.92 Å². The quantitative estimate of drug-likeness (QED) is 0.369. The summed E-state index contributed by atoms with van der Waals surface area (Å²) < 4.78 is 4.99. The molecule has 0 radical (unpaired) electrons. The number of hydrogen-bond acceptors (Lipinski definition) is 2. The van der Waals surface area contributed by atoms with Crippen molar-refractivity contribution >= 4 is 45.6 Å². The fourth-order valence-electron chi connectivity index (χ4n) is 0.192. The summed E-state index contributed by atoms with van der Waals surface area (Å²) in [5.74, 6) is 0. The number of nitrogens with one attached hydrogen (secondary N) is 1. The van der Waals surface area contributed by atoms with E-state index in [9.17, 15) is 0 Å². The molecule has 0 spiro atoms. The van der Waals surface area contributed by atoms with Gasteiger partial charge in [0.05, 0.1) is 0 Å². The smallest absolute Gasteiger partial charge is 0.172 e. The minimum absolute atomic E-state index is 0.156. The van der Waals surface area contributed by atoms with Gasteiger partial charge in [-0.1, -0.05) is 6.92 Å². The lowest BCUT2D eigenvalue weighted by atomic mass is 10.8. The molecule has 0 rings (SSSR count). The predicted molar refractivity (Wildman–Crippen MR) is 46.6 cm³/mol. The monoisotopic (exact) mass is 327 g/mol. The molecule has 44 valence electrons. The van der Waals surface area contributed by atoms with Gasteiger partial charge in [-0.05, 0) is 29.1 Å². The molecule has 0 saturated heterocycles. The molecule has 0 fully saturated rings. The second-order valence-electron chi connectivity index (χ2n) is 0.963. The lowest BCUT2D eigenvalue weighted by Crippen LogP contribution is -2.21. The first-order chi connectivity index (χ1) is 3.31. The Kier molecular flexibility index (Phi) is 6.60. The van der Waals surface area contributed by atoms with Gasteiger partial charge in [0.2, 0.25) is 0 Å². The van der Waals surface area contributed by atoms with Crippen LogP contribution in [-0.2, 0) is 3.07 Å². The maximum absolute atomic E-state index is 4.84. The molecule has 0 aliphatic heterocycles. The van der Waals surface area contributed by atoms with Crippen LogP contribution in [0.15, 0.2) is 0 Å². The molecule has 0 aromatic rings. The predicted octanol–water partition coefficient (Wildman–Crippen LogP) is 1.68. The van der Waals surface area contributed by atoms with E-state index in [1.165, 1.54) is 0 Å². The molecule has 7 heavy (non-hydrogen) atoms. The molecule has 4 heteroatoms. The first kappa shape index (κ1) is 8.38. The molecular weight excluding hydrogens is 320 g/mol. The van der Waals surface area contributed by atoms with E-state index >= 15 is 0 Å². The SMILES string of the molecule is CCNC(I)OI. The average molecular weight is 327 g/mol. The van der Waals surface area contributed by atoms with E-state index in [0.29, 0.717) is 0 Å². The van der Waals surface area contributed by atoms with E-state index < -0.39 is 0 Å². The lowest BCUT2D eigenvalue weighted by Gasteiger charge is -2.03. The molecular formula is C3H7I2NO. The van der Waals surface area contributed by atoms with Crippen LogP contribution in [-0.4, -0.2) is 10.8 Å². The zero-order valence-corrected chi connectivity index (χ0v) is 8.26. The first-order valence-electron chi connectivity index (χ1n) is 1.96. The van der Waals surface area contributed by atoms with Crippen LogP contribution < -0.4 is 5.32 Å². The number of alkyl halides is 1. The van der Waals surface area contributed by atoms with Crippen molar-refractivity contribution in [2.24, 2.45) is 0 Å². The van der Waals surface area contributed by atoms with Crippen molar-refractivity contribution in [1.82, 2.24) is 5.32 Å². The largest absolute Gasteiger partial charge is 0.286 e. The fourth-order valence-corrected chi connectivity index (χ4v) is 0.812. The third-order valence-electron chi connectivity index (χ3n) is 0.443.